The lowest BCUT2D eigenvalue weighted by Gasteiger charge is -2.18. The molecule has 0 aliphatic rings. The number of halogens is 6. The standard InChI is InChI=1S/C15H8Cl3F3N2O5/c1-14(25,13(18)24)12-9(23(26)27)2-3-10(22-12)28-11-7(16)4-6(5-8(11)17)15(19,20)21/h2-5,25H,1H3. The second-order valence-electron chi connectivity index (χ2n) is 5.49. The molecule has 0 spiro atoms. The molecule has 7 nitrogen and oxygen atoms in total. The number of rotatable bonds is 5. The fourth-order valence-corrected chi connectivity index (χ4v) is 2.67. The first-order valence-corrected chi connectivity index (χ1v) is 8.21. The Bertz CT molecular complexity index is 943. The van der Waals surface area contributed by atoms with E-state index in [-0.39, 0.29) is 0 Å². The third-order valence-corrected chi connectivity index (χ3v) is 4.35. The number of hydrogen-bond donors (Lipinski definition) is 1. The number of hydrogen-bond acceptors (Lipinski definition) is 6. The molecule has 0 aliphatic heterocycles. The summed E-state index contributed by atoms with van der Waals surface area (Å²) < 4.78 is 43.6. The second kappa shape index (κ2) is 7.70. The van der Waals surface area contributed by atoms with Crippen LogP contribution in [0, 0.1) is 10.1 Å². The number of carbonyl (C=O) groups is 1. The van der Waals surface area contributed by atoms with E-state index in [2.05, 4.69) is 4.98 Å². The van der Waals surface area contributed by atoms with Gasteiger partial charge in [-0.1, -0.05) is 23.2 Å². The Hall–Kier alpha value is -2.14. The van der Waals surface area contributed by atoms with Gasteiger partial charge in [-0.3, -0.25) is 14.9 Å². The number of carbonyl (C=O) groups excluding carboxylic acids is 1. The SMILES string of the molecule is CC(O)(C(=O)Cl)c1nc(Oc2c(Cl)cc(C(F)(F)F)cc2Cl)ccc1[N+](=O)[O-]. The van der Waals surface area contributed by atoms with Crippen molar-refractivity contribution in [1.82, 2.24) is 4.98 Å². The van der Waals surface area contributed by atoms with Gasteiger partial charge in [0.15, 0.2) is 17.0 Å². The smallest absolute Gasteiger partial charge is 0.416 e. The van der Waals surface area contributed by atoms with Crippen LogP contribution in [-0.4, -0.2) is 20.3 Å². The Labute approximate surface area is 169 Å². The highest BCUT2D eigenvalue weighted by atomic mass is 35.5. The van der Waals surface area contributed by atoms with Crippen molar-refractivity contribution in [3.63, 3.8) is 0 Å². The molecule has 1 unspecified atom stereocenters. The maximum atomic E-state index is 12.8. The van der Waals surface area contributed by atoms with Crippen LogP contribution in [0.4, 0.5) is 18.9 Å². The molecular formula is C15H8Cl3F3N2O5. The summed E-state index contributed by atoms with van der Waals surface area (Å²) in [6.07, 6.45) is -4.70. The van der Waals surface area contributed by atoms with Crippen molar-refractivity contribution in [3.05, 3.63) is 55.7 Å². The second-order valence-corrected chi connectivity index (χ2v) is 6.65. The van der Waals surface area contributed by atoms with E-state index in [1.165, 1.54) is 0 Å². The van der Waals surface area contributed by atoms with Crippen LogP contribution < -0.4 is 4.74 Å². The van der Waals surface area contributed by atoms with E-state index in [1.54, 1.807) is 0 Å². The summed E-state index contributed by atoms with van der Waals surface area (Å²) in [5, 5.41) is 18.9. The van der Waals surface area contributed by atoms with Gasteiger partial charge in [-0.2, -0.15) is 13.2 Å². The highest BCUT2D eigenvalue weighted by molar-refractivity contribution is 6.65. The van der Waals surface area contributed by atoms with Crippen LogP contribution >= 0.6 is 34.8 Å². The quantitative estimate of drug-likeness (QED) is 0.380. The van der Waals surface area contributed by atoms with Gasteiger partial charge in [0, 0.05) is 12.1 Å². The van der Waals surface area contributed by atoms with Gasteiger partial charge in [0.1, 0.15) is 0 Å². The van der Waals surface area contributed by atoms with Crippen molar-refractivity contribution >= 4 is 45.7 Å². The van der Waals surface area contributed by atoms with Gasteiger partial charge in [0.25, 0.3) is 10.9 Å². The van der Waals surface area contributed by atoms with Gasteiger partial charge < -0.3 is 9.84 Å². The lowest BCUT2D eigenvalue weighted by Crippen LogP contribution is -2.30. The Balaban J connectivity index is 2.54. The maximum absolute atomic E-state index is 12.8. The summed E-state index contributed by atoms with van der Waals surface area (Å²) in [4.78, 5) is 25.3. The van der Waals surface area contributed by atoms with Crippen LogP contribution in [0.5, 0.6) is 11.6 Å². The first kappa shape index (κ1) is 22.2. The van der Waals surface area contributed by atoms with E-state index < -0.39 is 60.6 Å². The Morgan fingerprint density at radius 1 is 1.25 bits per heavy atom. The summed E-state index contributed by atoms with van der Waals surface area (Å²) in [6.45, 7) is 0.875. The number of nitro groups is 1. The van der Waals surface area contributed by atoms with E-state index in [0.717, 1.165) is 19.1 Å². The normalized spacial score (nSPS) is 13.7. The van der Waals surface area contributed by atoms with Crippen molar-refractivity contribution < 1.29 is 32.7 Å². The van der Waals surface area contributed by atoms with Crippen LogP contribution in [0.3, 0.4) is 0 Å². The molecule has 0 fully saturated rings. The predicted molar refractivity (Wildman–Crippen MR) is 92.9 cm³/mol. The van der Waals surface area contributed by atoms with E-state index in [1.807, 2.05) is 0 Å². The molecule has 2 rings (SSSR count). The average molecular weight is 460 g/mol. The number of benzene rings is 1. The molecule has 1 heterocycles. The molecule has 1 atom stereocenters. The summed E-state index contributed by atoms with van der Waals surface area (Å²) in [5.41, 5.74) is -5.15. The largest absolute Gasteiger partial charge is 0.436 e. The van der Waals surface area contributed by atoms with E-state index >= 15 is 0 Å². The lowest BCUT2D eigenvalue weighted by atomic mass is 10.0. The lowest BCUT2D eigenvalue weighted by molar-refractivity contribution is -0.386. The van der Waals surface area contributed by atoms with Crippen molar-refractivity contribution in [1.29, 1.82) is 0 Å². The third-order valence-electron chi connectivity index (χ3n) is 3.42. The highest BCUT2D eigenvalue weighted by Gasteiger charge is 2.39. The number of aromatic nitrogens is 1. The summed E-state index contributed by atoms with van der Waals surface area (Å²) >= 11 is 16.8. The van der Waals surface area contributed by atoms with Crippen LogP contribution in [0.2, 0.25) is 10.0 Å². The maximum Gasteiger partial charge on any atom is 0.416 e. The molecule has 0 amide bonds. The van der Waals surface area contributed by atoms with Gasteiger partial charge in [-0.15, -0.1) is 0 Å². The first-order chi connectivity index (χ1) is 12.7. The van der Waals surface area contributed by atoms with Crippen molar-refractivity contribution in [2.24, 2.45) is 0 Å². The molecule has 0 radical (unpaired) electrons. The number of alkyl halides is 3. The molecular weight excluding hydrogens is 452 g/mol. The summed E-state index contributed by atoms with van der Waals surface area (Å²) in [5.74, 6) is -0.858. The highest BCUT2D eigenvalue weighted by Crippen LogP contribution is 2.42. The number of aliphatic hydroxyl groups is 1. The molecule has 0 saturated heterocycles. The fraction of sp³-hybridized carbons (Fsp3) is 0.200. The molecule has 2 aromatic rings. The summed E-state index contributed by atoms with van der Waals surface area (Å²) in [6, 6.07) is 2.96. The average Bonchev–Trinajstić information content (AvgIpc) is 2.56. The molecule has 0 saturated carbocycles. The first-order valence-electron chi connectivity index (χ1n) is 7.07. The minimum absolute atomic E-state index is 0.416. The minimum atomic E-state index is -4.70. The topological polar surface area (TPSA) is 103 Å². The molecule has 150 valence electrons. The molecule has 1 N–H and O–H groups in total. The van der Waals surface area contributed by atoms with E-state index in [0.29, 0.717) is 12.1 Å². The van der Waals surface area contributed by atoms with Gasteiger partial charge in [0.05, 0.1) is 20.5 Å². The zero-order chi connectivity index (χ0) is 21.4. The van der Waals surface area contributed by atoms with Crippen molar-refractivity contribution in [2.75, 3.05) is 0 Å². The molecule has 1 aromatic carbocycles. The molecule has 1 aromatic heterocycles. The molecule has 0 bridgehead atoms. The molecule has 28 heavy (non-hydrogen) atoms. The zero-order valence-corrected chi connectivity index (χ0v) is 15.8. The molecule has 13 heteroatoms. The minimum Gasteiger partial charge on any atom is -0.436 e. The zero-order valence-electron chi connectivity index (χ0n) is 13.6. The Morgan fingerprint density at radius 3 is 2.21 bits per heavy atom. The van der Waals surface area contributed by atoms with Gasteiger partial charge in [-0.05, 0) is 30.7 Å². The number of ether oxygens (including phenoxy) is 1. The predicted octanol–water partition coefficient (Wildman–Crippen LogP) is 5.08. The van der Waals surface area contributed by atoms with Crippen molar-refractivity contribution in [3.8, 4) is 11.6 Å². The third kappa shape index (κ3) is 4.46. The number of nitrogens with zero attached hydrogens (tertiary/aromatic N) is 2. The number of pyridine rings is 1. The van der Waals surface area contributed by atoms with E-state index in [4.69, 9.17) is 39.5 Å². The van der Waals surface area contributed by atoms with Crippen LogP contribution in [0.15, 0.2) is 24.3 Å². The Morgan fingerprint density at radius 2 is 1.79 bits per heavy atom. The van der Waals surface area contributed by atoms with Gasteiger partial charge in [-0.25, -0.2) is 4.98 Å². The van der Waals surface area contributed by atoms with Crippen molar-refractivity contribution in [2.45, 2.75) is 18.7 Å². The Kier molecular flexibility index (Phi) is 6.10. The van der Waals surface area contributed by atoms with Gasteiger partial charge in [0.2, 0.25) is 5.88 Å². The van der Waals surface area contributed by atoms with Crippen LogP contribution in [0.1, 0.15) is 18.2 Å². The fourth-order valence-electron chi connectivity index (χ4n) is 2.02. The summed E-state index contributed by atoms with van der Waals surface area (Å²) in [7, 11) is 0. The molecule has 0 aliphatic carbocycles. The van der Waals surface area contributed by atoms with Crippen LogP contribution in [0.25, 0.3) is 0 Å². The van der Waals surface area contributed by atoms with Crippen LogP contribution in [-0.2, 0) is 16.6 Å². The van der Waals surface area contributed by atoms with Gasteiger partial charge >= 0.3 is 6.18 Å². The monoisotopic (exact) mass is 458 g/mol. The van der Waals surface area contributed by atoms with E-state index in [9.17, 15) is 33.2 Å².